The summed E-state index contributed by atoms with van der Waals surface area (Å²) >= 11 is 0. The van der Waals surface area contributed by atoms with Crippen molar-refractivity contribution in [2.45, 2.75) is 20.0 Å². The number of nitrogens with zero attached hydrogens (tertiary/aromatic N) is 1. The van der Waals surface area contributed by atoms with E-state index in [4.69, 9.17) is 18.6 Å². The van der Waals surface area contributed by atoms with Gasteiger partial charge in [-0.25, -0.2) is 10.2 Å². The van der Waals surface area contributed by atoms with Crippen LogP contribution in [0.3, 0.4) is 0 Å². The van der Waals surface area contributed by atoms with Crippen molar-refractivity contribution in [2.75, 3.05) is 19.5 Å². The van der Waals surface area contributed by atoms with Crippen molar-refractivity contribution in [3.8, 4) is 11.5 Å². The molecule has 0 saturated heterocycles. The Morgan fingerprint density at radius 1 is 0.943 bits per heavy atom. The van der Waals surface area contributed by atoms with Crippen LogP contribution in [0.1, 0.15) is 18.9 Å². The van der Waals surface area contributed by atoms with Gasteiger partial charge in [0, 0.05) is 22.6 Å². The van der Waals surface area contributed by atoms with Crippen LogP contribution < -0.4 is 20.2 Å². The standard InChI is InChI=1S/C26H25N3O6/c1-16(28-29-26(31)34-15-17-8-10-18(32-2)11-9-17)12-25(30)27-21-14-23-20(13-24(21)33-3)19-6-4-5-7-22(19)35-23/h4-11,13-14H,12,15H2,1-3H3,(H,27,30)(H,29,31)/b28-16+. The van der Waals surface area contributed by atoms with E-state index in [1.807, 2.05) is 30.3 Å². The van der Waals surface area contributed by atoms with Crippen LogP contribution in [0.2, 0.25) is 0 Å². The number of hydrogen-bond donors (Lipinski definition) is 2. The summed E-state index contributed by atoms with van der Waals surface area (Å²) in [4.78, 5) is 24.5. The number of carbonyl (C=O) groups is 2. The molecule has 0 atom stereocenters. The van der Waals surface area contributed by atoms with E-state index in [1.54, 1.807) is 44.4 Å². The molecule has 180 valence electrons. The monoisotopic (exact) mass is 475 g/mol. The molecule has 0 aliphatic carbocycles. The first-order valence-corrected chi connectivity index (χ1v) is 10.8. The summed E-state index contributed by atoms with van der Waals surface area (Å²) in [7, 11) is 3.11. The largest absolute Gasteiger partial charge is 0.497 e. The van der Waals surface area contributed by atoms with Crippen molar-refractivity contribution in [3.63, 3.8) is 0 Å². The van der Waals surface area contributed by atoms with Crippen LogP contribution in [0.4, 0.5) is 10.5 Å². The average Bonchev–Trinajstić information content (AvgIpc) is 3.23. The number of furan rings is 1. The number of amides is 2. The van der Waals surface area contributed by atoms with Crippen molar-refractivity contribution in [2.24, 2.45) is 5.10 Å². The number of nitrogens with one attached hydrogen (secondary N) is 2. The van der Waals surface area contributed by atoms with E-state index in [2.05, 4.69) is 15.8 Å². The highest BCUT2D eigenvalue weighted by atomic mass is 16.6. The van der Waals surface area contributed by atoms with E-state index in [9.17, 15) is 9.59 Å². The third-order valence-corrected chi connectivity index (χ3v) is 5.26. The third-order valence-electron chi connectivity index (χ3n) is 5.26. The molecule has 3 aromatic carbocycles. The predicted octanol–water partition coefficient (Wildman–Crippen LogP) is 5.23. The number of rotatable bonds is 8. The molecule has 9 nitrogen and oxygen atoms in total. The van der Waals surface area contributed by atoms with E-state index in [-0.39, 0.29) is 18.9 Å². The zero-order chi connectivity index (χ0) is 24.8. The molecule has 9 heteroatoms. The first kappa shape index (κ1) is 23.6. The quantitative estimate of drug-likeness (QED) is 0.266. The van der Waals surface area contributed by atoms with E-state index in [0.29, 0.717) is 28.5 Å². The summed E-state index contributed by atoms with van der Waals surface area (Å²) in [5.74, 6) is 0.896. The first-order chi connectivity index (χ1) is 17.0. The molecule has 0 fully saturated rings. The second kappa shape index (κ2) is 10.6. The smallest absolute Gasteiger partial charge is 0.428 e. The molecule has 0 aliphatic heterocycles. The van der Waals surface area contributed by atoms with Crippen LogP contribution >= 0.6 is 0 Å². The highest BCUT2D eigenvalue weighted by molar-refractivity contribution is 6.10. The minimum Gasteiger partial charge on any atom is -0.497 e. The second-order valence-corrected chi connectivity index (χ2v) is 7.75. The van der Waals surface area contributed by atoms with Gasteiger partial charge < -0.3 is 23.9 Å². The molecule has 0 spiro atoms. The number of methoxy groups -OCH3 is 2. The number of hydrazone groups is 1. The maximum atomic E-state index is 12.6. The molecule has 2 amide bonds. The average molecular weight is 476 g/mol. The van der Waals surface area contributed by atoms with Crippen LogP contribution in [0.15, 0.2) is 70.2 Å². The minimum atomic E-state index is -0.724. The van der Waals surface area contributed by atoms with Crippen molar-refractivity contribution in [1.29, 1.82) is 0 Å². The highest BCUT2D eigenvalue weighted by Gasteiger charge is 2.15. The van der Waals surface area contributed by atoms with Gasteiger partial charge in [0.05, 0.1) is 26.3 Å². The molecular formula is C26H25N3O6. The Kier molecular flexibility index (Phi) is 7.15. The van der Waals surface area contributed by atoms with Gasteiger partial charge in [-0.05, 0) is 36.8 Å². The number of benzene rings is 3. The fraction of sp³-hybridized carbons (Fsp3) is 0.192. The summed E-state index contributed by atoms with van der Waals surface area (Å²) in [5, 5.41) is 8.60. The second-order valence-electron chi connectivity index (χ2n) is 7.75. The zero-order valence-electron chi connectivity index (χ0n) is 19.6. The number of ether oxygens (including phenoxy) is 3. The SMILES string of the molecule is COc1ccc(COC(=O)N/N=C(\C)CC(=O)Nc2cc3oc4ccccc4c3cc2OC)cc1. The number of para-hydroxylation sites is 1. The molecule has 0 radical (unpaired) electrons. The molecule has 35 heavy (non-hydrogen) atoms. The lowest BCUT2D eigenvalue weighted by Crippen LogP contribution is -2.22. The zero-order valence-corrected chi connectivity index (χ0v) is 19.6. The first-order valence-electron chi connectivity index (χ1n) is 10.8. The summed E-state index contributed by atoms with van der Waals surface area (Å²) in [6.45, 7) is 1.71. The third kappa shape index (κ3) is 5.70. The van der Waals surface area contributed by atoms with Gasteiger partial charge >= 0.3 is 6.09 Å². The van der Waals surface area contributed by atoms with Crippen molar-refractivity contribution in [1.82, 2.24) is 5.43 Å². The van der Waals surface area contributed by atoms with Crippen LogP contribution in [0, 0.1) is 0 Å². The molecule has 4 rings (SSSR count). The maximum Gasteiger partial charge on any atom is 0.428 e. The van der Waals surface area contributed by atoms with Gasteiger partial charge in [0.2, 0.25) is 5.91 Å². The van der Waals surface area contributed by atoms with Crippen molar-refractivity contribution >= 4 is 45.3 Å². The van der Waals surface area contributed by atoms with Gasteiger partial charge in [-0.15, -0.1) is 0 Å². The van der Waals surface area contributed by atoms with Gasteiger partial charge in [-0.1, -0.05) is 30.3 Å². The number of fused-ring (bicyclic) bond motifs is 3. The normalized spacial score (nSPS) is 11.3. The molecule has 0 aliphatic rings. The molecule has 1 aromatic heterocycles. The Balaban J connectivity index is 1.34. The fourth-order valence-electron chi connectivity index (χ4n) is 3.53. The summed E-state index contributed by atoms with van der Waals surface area (Å²) in [6, 6.07) is 18.4. The Bertz CT molecular complexity index is 1390. The van der Waals surface area contributed by atoms with Crippen LogP contribution in [0.5, 0.6) is 11.5 Å². The molecule has 2 N–H and O–H groups in total. The lowest BCUT2D eigenvalue weighted by atomic mass is 10.1. The highest BCUT2D eigenvalue weighted by Crippen LogP contribution is 2.36. The van der Waals surface area contributed by atoms with Crippen molar-refractivity contribution in [3.05, 3.63) is 66.2 Å². The van der Waals surface area contributed by atoms with Gasteiger partial charge in [0.25, 0.3) is 0 Å². The van der Waals surface area contributed by atoms with Gasteiger partial charge in [-0.2, -0.15) is 5.10 Å². The Morgan fingerprint density at radius 2 is 1.71 bits per heavy atom. The topological polar surface area (TPSA) is 111 Å². The molecular weight excluding hydrogens is 450 g/mol. The van der Waals surface area contributed by atoms with Crippen molar-refractivity contribution < 1.29 is 28.2 Å². The summed E-state index contributed by atoms with van der Waals surface area (Å²) in [6.07, 6.45) is -0.766. The van der Waals surface area contributed by atoms with Crippen LogP contribution in [0.25, 0.3) is 21.9 Å². The summed E-state index contributed by atoms with van der Waals surface area (Å²) < 4.78 is 21.6. The van der Waals surface area contributed by atoms with Gasteiger partial charge in [0.15, 0.2) is 0 Å². The lowest BCUT2D eigenvalue weighted by Gasteiger charge is -2.10. The van der Waals surface area contributed by atoms with Gasteiger partial charge in [-0.3, -0.25) is 4.79 Å². The Hall–Kier alpha value is -4.53. The van der Waals surface area contributed by atoms with Crippen LogP contribution in [-0.2, 0) is 16.1 Å². The molecule has 4 aromatic rings. The summed E-state index contributed by atoms with van der Waals surface area (Å²) in [5.41, 5.74) is 5.35. The number of anilines is 1. The molecule has 1 heterocycles. The molecule has 0 saturated carbocycles. The predicted molar refractivity (Wildman–Crippen MR) is 133 cm³/mol. The van der Waals surface area contributed by atoms with Gasteiger partial charge in [0.1, 0.15) is 29.3 Å². The lowest BCUT2D eigenvalue weighted by molar-refractivity contribution is -0.115. The maximum absolute atomic E-state index is 12.6. The van der Waals surface area contributed by atoms with E-state index >= 15 is 0 Å². The fourth-order valence-corrected chi connectivity index (χ4v) is 3.53. The minimum absolute atomic E-state index is 0.0416. The number of carbonyl (C=O) groups excluding carboxylic acids is 2. The Morgan fingerprint density at radius 3 is 2.46 bits per heavy atom. The van der Waals surface area contributed by atoms with E-state index < -0.39 is 6.09 Å². The van der Waals surface area contributed by atoms with E-state index in [0.717, 1.165) is 21.9 Å². The molecule has 0 bridgehead atoms. The number of hydrogen-bond acceptors (Lipinski definition) is 7. The van der Waals surface area contributed by atoms with Crippen LogP contribution in [-0.4, -0.2) is 31.9 Å². The van der Waals surface area contributed by atoms with E-state index in [1.165, 1.54) is 7.11 Å². The molecule has 0 unspecified atom stereocenters. The Labute approximate surface area is 201 Å².